The van der Waals surface area contributed by atoms with Gasteiger partial charge in [0.1, 0.15) is 6.10 Å². The molecule has 0 aliphatic rings. The number of esters is 1. The molecule has 4 nitrogen and oxygen atoms in total. The predicted octanol–water partition coefficient (Wildman–Crippen LogP) is 8.86. The number of rotatable bonds is 27. The summed E-state index contributed by atoms with van der Waals surface area (Å²) in [7, 11) is 0. The number of aliphatic hydroxyl groups excluding tert-OH is 1. The number of carbonyl (C=O) groups is 1. The average molecular weight is 495 g/mol. The third-order valence-electron chi connectivity index (χ3n) is 6.28. The highest BCUT2D eigenvalue weighted by molar-refractivity contribution is 5.69. The van der Waals surface area contributed by atoms with E-state index in [1.54, 1.807) is 0 Å². The number of hydrogen-bond acceptors (Lipinski definition) is 4. The van der Waals surface area contributed by atoms with Gasteiger partial charge in [0.2, 0.25) is 0 Å². The number of unbranched alkanes of at least 4 members (excludes halogenated alkanes) is 15. The van der Waals surface area contributed by atoms with Crippen LogP contribution in [0.1, 0.15) is 142 Å². The van der Waals surface area contributed by atoms with Crippen molar-refractivity contribution in [3.63, 3.8) is 0 Å². The molecule has 1 atom stereocenters. The first-order valence-electron chi connectivity index (χ1n) is 14.9. The lowest BCUT2D eigenvalue weighted by Crippen LogP contribution is -2.27. The van der Waals surface area contributed by atoms with Gasteiger partial charge in [0.15, 0.2) is 0 Å². The monoisotopic (exact) mass is 494 g/mol. The molecule has 0 saturated carbocycles. The lowest BCUT2D eigenvalue weighted by atomic mass is 10.1. The second kappa shape index (κ2) is 29.1. The van der Waals surface area contributed by atoms with Crippen molar-refractivity contribution in [1.29, 1.82) is 0 Å². The summed E-state index contributed by atoms with van der Waals surface area (Å²) in [5.41, 5.74) is 0. The summed E-state index contributed by atoms with van der Waals surface area (Å²) < 4.78 is 10.9. The van der Waals surface area contributed by atoms with Crippen molar-refractivity contribution in [2.45, 2.75) is 148 Å². The van der Waals surface area contributed by atoms with E-state index in [0.717, 1.165) is 32.1 Å². The van der Waals surface area contributed by atoms with E-state index in [0.29, 0.717) is 19.6 Å². The quantitative estimate of drug-likeness (QED) is 0.0703. The van der Waals surface area contributed by atoms with Crippen LogP contribution in [0, 0.1) is 0 Å². The van der Waals surface area contributed by atoms with Crippen LogP contribution >= 0.6 is 0 Å². The topological polar surface area (TPSA) is 55.8 Å². The van der Waals surface area contributed by atoms with Crippen LogP contribution in [0.25, 0.3) is 0 Å². The molecular weight excluding hydrogens is 436 g/mol. The lowest BCUT2D eigenvalue weighted by molar-refractivity contribution is -0.154. The molecule has 0 heterocycles. The van der Waals surface area contributed by atoms with Crippen LogP contribution in [0.3, 0.4) is 0 Å². The molecule has 35 heavy (non-hydrogen) atoms. The molecule has 0 aromatic rings. The van der Waals surface area contributed by atoms with Crippen molar-refractivity contribution >= 4 is 5.97 Å². The van der Waals surface area contributed by atoms with Crippen LogP contribution in [0.15, 0.2) is 24.3 Å². The van der Waals surface area contributed by atoms with E-state index in [1.165, 1.54) is 89.9 Å². The molecule has 206 valence electrons. The third-order valence-corrected chi connectivity index (χ3v) is 6.28. The van der Waals surface area contributed by atoms with Gasteiger partial charge >= 0.3 is 5.97 Å². The van der Waals surface area contributed by atoms with Crippen molar-refractivity contribution in [3.8, 4) is 0 Å². The molecule has 0 amide bonds. The normalized spacial score (nSPS) is 12.7. The molecule has 4 heteroatoms. The van der Waals surface area contributed by atoms with Crippen molar-refractivity contribution in [3.05, 3.63) is 24.3 Å². The summed E-state index contributed by atoms with van der Waals surface area (Å²) in [6, 6.07) is 0. The van der Waals surface area contributed by atoms with E-state index >= 15 is 0 Å². The van der Waals surface area contributed by atoms with Gasteiger partial charge in [-0.25, -0.2) is 0 Å². The van der Waals surface area contributed by atoms with Gasteiger partial charge < -0.3 is 14.6 Å². The molecule has 0 aliphatic carbocycles. The Hall–Kier alpha value is -1.13. The second-order valence-corrected chi connectivity index (χ2v) is 9.82. The highest BCUT2D eigenvalue weighted by Crippen LogP contribution is 2.12. The van der Waals surface area contributed by atoms with Gasteiger partial charge in [-0.2, -0.15) is 0 Å². The SMILES string of the molecule is CCCCC/C=C\C/C=C\CCCCCCCCCCCCOCC(CO)OC(=O)CCCCC. The van der Waals surface area contributed by atoms with Crippen LogP contribution in [0.2, 0.25) is 0 Å². The van der Waals surface area contributed by atoms with Gasteiger partial charge in [0.25, 0.3) is 0 Å². The minimum atomic E-state index is -0.526. The molecular formula is C31H58O4. The van der Waals surface area contributed by atoms with Crippen LogP contribution in [-0.4, -0.2) is 37.0 Å². The van der Waals surface area contributed by atoms with Crippen LogP contribution in [-0.2, 0) is 14.3 Å². The van der Waals surface area contributed by atoms with Gasteiger partial charge in [-0.1, -0.05) is 115 Å². The number of hydrogen-bond donors (Lipinski definition) is 1. The van der Waals surface area contributed by atoms with Crippen molar-refractivity contribution in [2.24, 2.45) is 0 Å². The Morgan fingerprint density at radius 2 is 1.20 bits per heavy atom. The van der Waals surface area contributed by atoms with Crippen LogP contribution < -0.4 is 0 Å². The number of aliphatic hydroxyl groups is 1. The molecule has 1 N–H and O–H groups in total. The Labute approximate surface area is 217 Å². The molecule has 0 fully saturated rings. The number of ether oxygens (including phenoxy) is 2. The molecule has 1 unspecified atom stereocenters. The second-order valence-electron chi connectivity index (χ2n) is 9.82. The average Bonchev–Trinajstić information content (AvgIpc) is 2.86. The van der Waals surface area contributed by atoms with Gasteiger partial charge in [-0.05, 0) is 44.9 Å². The van der Waals surface area contributed by atoms with Crippen molar-refractivity contribution in [1.82, 2.24) is 0 Å². The molecule has 0 radical (unpaired) electrons. The molecule has 0 aromatic carbocycles. The molecule has 0 aliphatic heterocycles. The highest BCUT2D eigenvalue weighted by Gasteiger charge is 2.13. The standard InChI is InChI=1S/C31H58O4/c1-3-5-7-8-9-10-11-12-13-14-15-16-17-18-19-20-21-22-23-25-27-34-29-30(28-32)35-31(33)26-24-6-4-2/h9-10,12-13,30,32H,3-8,11,14-29H2,1-2H3/b10-9-,13-12-. The Kier molecular flexibility index (Phi) is 28.2. The largest absolute Gasteiger partial charge is 0.457 e. The van der Waals surface area contributed by atoms with E-state index in [4.69, 9.17) is 9.47 Å². The smallest absolute Gasteiger partial charge is 0.306 e. The van der Waals surface area contributed by atoms with Crippen molar-refractivity contribution in [2.75, 3.05) is 19.8 Å². The lowest BCUT2D eigenvalue weighted by Gasteiger charge is -2.15. The Morgan fingerprint density at radius 1 is 0.686 bits per heavy atom. The minimum absolute atomic E-state index is 0.174. The van der Waals surface area contributed by atoms with Crippen LogP contribution in [0.5, 0.6) is 0 Å². The zero-order valence-electron chi connectivity index (χ0n) is 23.3. The molecule has 0 rings (SSSR count). The maximum absolute atomic E-state index is 11.7. The Morgan fingerprint density at radius 3 is 1.77 bits per heavy atom. The summed E-state index contributed by atoms with van der Waals surface area (Å²) in [5, 5.41) is 9.36. The predicted molar refractivity (Wildman–Crippen MR) is 150 cm³/mol. The van der Waals surface area contributed by atoms with E-state index in [1.807, 2.05) is 0 Å². The fourth-order valence-corrected chi connectivity index (χ4v) is 4.00. The Bertz CT molecular complexity index is 486. The fourth-order valence-electron chi connectivity index (χ4n) is 4.00. The molecule has 0 aromatic heterocycles. The zero-order chi connectivity index (χ0) is 25.7. The summed E-state index contributed by atoms with van der Waals surface area (Å²) >= 11 is 0. The van der Waals surface area contributed by atoms with E-state index in [9.17, 15) is 9.90 Å². The number of allylic oxidation sites excluding steroid dienone is 4. The summed E-state index contributed by atoms with van der Waals surface area (Å²) in [5.74, 6) is -0.227. The highest BCUT2D eigenvalue weighted by atomic mass is 16.6. The number of carbonyl (C=O) groups excluding carboxylic acids is 1. The summed E-state index contributed by atoms with van der Waals surface area (Å²) in [6.07, 6.45) is 32.6. The van der Waals surface area contributed by atoms with Crippen LogP contribution in [0.4, 0.5) is 0 Å². The first kappa shape index (κ1) is 33.9. The Balaban J connectivity index is 3.34. The van der Waals surface area contributed by atoms with Gasteiger partial charge in [0.05, 0.1) is 13.2 Å². The third kappa shape index (κ3) is 27.3. The maximum atomic E-state index is 11.7. The summed E-state index contributed by atoms with van der Waals surface area (Å²) in [6.45, 7) is 5.15. The van der Waals surface area contributed by atoms with E-state index < -0.39 is 6.10 Å². The van der Waals surface area contributed by atoms with Gasteiger partial charge in [-0.3, -0.25) is 4.79 Å². The minimum Gasteiger partial charge on any atom is -0.457 e. The zero-order valence-corrected chi connectivity index (χ0v) is 23.3. The molecule has 0 saturated heterocycles. The fraction of sp³-hybridized carbons (Fsp3) is 0.839. The first-order chi connectivity index (χ1) is 17.2. The maximum Gasteiger partial charge on any atom is 0.306 e. The first-order valence-corrected chi connectivity index (χ1v) is 14.9. The van der Waals surface area contributed by atoms with Gasteiger partial charge in [-0.15, -0.1) is 0 Å². The molecule has 0 bridgehead atoms. The van der Waals surface area contributed by atoms with E-state index in [-0.39, 0.29) is 12.6 Å². The van der Waals surface area contributed by atoms with Gasteiger partial charge in [0, 0.05) is 13.0 Å². The van der Waals surface area contributed by atoms with E-state index in [2.05, 4.69) is 38.2 Å². The van der Waals surface area contributed by atoms with Crippen molar-refractivity contribution < 1.29 is 19.4 Å². The molecule has 0 spiro atoms. The summed E-state index contributed by atoms with van der Waals surface area (Å²) in [4.78, 5) is 11.7.